The molecule has 0 aromatic rings. The maximum Gasteiger partial charge on any atom is 0.169 e. The molecule has 0 atom stereocenters. The fourth-order valence-corrected chi connectivity index (χ4v) is 1.10. The van der Waals surface area contributed by atoms with Crippen molar-refractivity contribution in [1.82, 2.24) is 10.0 Å². The van der Waals surface area contributed by atoms with Gasteiger partial charge < -0.3 is 5.01 Å². The van der Waals surface area contributed by atoms with E-state index in [4.69, 9.17) is 0 Å². The van der Waals surface area contributed by atoms with E-state index in [1.165, 1.54) is 0 Å². The van der Waals surface area contributed by atoms with Crippen molar-refractivity contribution >= 4 is 5.78 Å². The summed E-state index contributed by atoms with van der Waals surface area (Å²) >= 11 is 0. The smallest absolute Gasteiger partial charge is 0.169 e. The van der Waals surface area contributed by atoms with Crippen LogP contribution in [0, 0.1) is 0 Å². The summed E-state index contributed by atoms with van der Waals surface area (Å²) in [5.74, 6) is 0.255. The average molecular weight is 140 g/mol. The van der Waals surface area contributed by atoms with Gasteiger partial charge in [0, 0.05) is 12.7 Å². The molecule has 0 saturated carbocycles. The minimum absolute atomic E-state index is 0.255. The molecule has 10 heavy (non-hydrogen) atoms. The van der Waals surface area contributed by atoms with Crippen LogP contribution in [-0.2, 0) is 4.79 Å². The number of ketones is 1. The normalized spacial score (nSPS) is 20.2. The van der Waals surface area contributed by atoms with Crippen molar-refractivity contribution in [3.63, 3.8) is 0 Å². The predicted molar refractivity (Wildman–Crippen MR) is 39.2 cm³/mol. The molecule has 3 heteroatoms. The number of hydrogen-bond acceptors (Lipinski definition) is 3. The lowest BCUT2D eigenvalue weighted by atomic mass is 10.4. The number of nitrogens with zero attached hydrogens (tertiary/aromatic N) is 2. The number of allylic oxidation sites excluding steroid dienone is 1. The van der Waals surface area contributed by atoms with Crippen LogP contribution in [0.15, 0.2) is 12.3 Å². The van der Waals surface area contributed by atoms with Gasteiger partial charge in [0.1, 0.15) is 0 Å². The maximum atomic E-state index is 10.8. The first-order valence-electron chi connectivity index (χ1n) is 3.27. The SMILES string of the molecule is C=C(C)N1CC(=O)CN1C. The van der Waals surface area contributed by atoms with Crippen LogP contribution in [0.4, 0.5) is 0 Å². The van der Waals surface area contributed by atoms with Crippen LogP contribution in [0.1, 0.15) is 6.92 Å². The van der Waals surface area contributed by atoms with Gasteiger partial charge in [0.05, 0.1) is 13.1 Å². The van der Waals surface area contributed by atoms with Crippen molar-refractivity contribution in [2.75, 3.05) is 20.1 Å². The van der Waals surface area contributed by atoms with E-state index in [0.717, 1.165) is 5.70 Å². The molecule has 0 unspecified atom stereocenters. The zero-order chi connectivity index (χ0) is 7.72. The minimum Gasteiger partial charge on any atom is -0.303 e. The average Bonchev–Trinajstić information content (AvgIpc) is 2.10. The lowest BCUT2D eigenvalue weighted by Gasteiger charge is -2.24. The number of likely N-dealkylation sites (N-methyl/N-ethyl adjacent to an activating group) is 1. The van der Waals surface area contributed by atoms with Crippen molar-refractivity contribution in [2.45, 2.75) is 6.92 Å². The van der Waals surface area contributed by atoms with Gasteiger partial charge in [-0.15, -0.1) is 0 Å². The van der Waals surface area contributed by atoms with E-state index in [-0.39, 0.29) is 5.78 Å². The summed E-state index contributed by atoms with van der Waals surface area (Å²) < 4.78 is 0. The second kappa shape index (κ2) is 2.42. The van der Waals surface area contributed by atoms with Gasteiger partial charge in [-0.1, -0.05) is 6.58 Å². The summed E-state index contributed by atoms with van der Waals surface area (Å²) in [5, 5.41) is 3.76. The van der Waals surface area contributed by atoms with Crippen LogP contribution in [0.3, 0.4) is 0 Å². The van der Waals surface area contributed by atoms with Gasteiger partial charge in [-0.05, 0) is 6.92 Å². The molecule has 1 fully saturated rings. The third-order valence-electron chi connectivity index (χ3n) is 1.58. The van der Waals surface area contributed by atoms with Crippen LogP contribution in [0.2, 0.25) is 0 Å². The first-order valence-corrected chi connectivity index (χ1v) is 3.27. The number of carbonyl (C=O) groups is 1. The van der Waals surface area contributed by atoms with Gasteiger partial charge in [-0.2, -0.15) is 0 Å². The number of rotatable bonds is 1. The third kappa shape index (κ3) is 1.19. The summed E-state index contributed by atoms with van der Waals surface area (Å²) in [6, 6.07) is 0. The van der Waals surface area contributed by atoms with Crippen molar-refractivity contribution in [3.8, 4) is 0 Å². The minimum atomic E-state index is 0.255. The molecule has 1 aliphatic rings. The monoisotopic (exact) mass is 140 g/mol. The molecule has 0 N–H and O–H groups in total. The molecule has 0 spiro atoms. The molecule has 1 saturated heterocycles. The molecule has 1 heterocycles. The Morgan fingerprint density at radius 2 is 2.20 bits per heavy atom. The number of Topliss-reactive ketones (excluding diaryl/α,β-unsaturated/α-hetero) is 1. The molecule has 0 bridgehead atoms. The van der Waals surface area contributed by atoms with Gasteiger partial charge in [-0.25, -0.2) is 5.01 Å². The first-order chi connectivity index (χ1) is 4.61. The van der Waals surface area contributed by atoms with Gasteiger partial charge in [-0.3, -0.25) is 4.79 Å². The fraction of sp³-hybridized carbons (Fsp3) is 0.571. The van der Waals surface area contributed by atoms with E-state index in [0.29, 0.717) is 13.1 Å². The third-order valence-corrected chi connectivity index (χ3v) is 1.58. The Bertz CT molecular complexity index is 176. The number of carbonyl (C=O) groups excluding carboxylic acids is 1. The summed E-state index contributed by atoms with van der Waals surface area (Å²) in [7, 11) is 1.89. The summed E-state index contributed by atoms with van der Waals surface area (Å²) in [6.45, 7) is 6.66. The summed E-state index contributed by atoms with van der Waals surface area (Å²) in [4.78, 5) is 10.8. The molecule has 56 valence electrons. The van der Waals surface area contributed by atoms with Crippen molar-refractivity contribution in [2.24, 2.45) is 0 Å². The Kier molecular flexibility index (Phi) is 1.76. The zero-order valence-corrected chi connectivity index (χ0v) is 6.42. The zero-order valence-electron chi connectivity index (χ0n) is 6.42. The Labute approximate surface area is 60.9 Å². The topological polar surface area (TPSA) is 23.6 Å². The Hall–Kier alpha value is -0.830. The van der Waals surface area contributed by atoms with Crippen molar-refractivity contribution in [3.05, 3.63) is 12.3 Å². The van der Waals surface area contributed by atoms with E-state index in [1.807, 2.05) is 24.0 Å². The Morgan fingerprint density at radius 1 is 1.60 bits per heavy atom. The second-order valence-corrected chi connectivity index (χ2v) is 2.65. The largest absolute Gasteiger partial charge is 0.303 e. The molecule has 0 aromatic carbocycles. The highest BCUT2D eigenvalue weighted by Crippen LogP contribution is 2.09. The van der Waals surface area contributed by atoms with Crippen molar-refractivity contribution < 1.29 is 4.79 Å². The van der Waals surface area contributed by atoms with E-state index < -0.39 is 0 Å². The van der Waals surface area contributed by atoms with E-state index in [9.17, 15) is 4.79 Å². The van der Waals surface area contributed by atoms with Gasteiger partial charge in [0.2, 0.25) is 0 Å². The molecule has 0 radical (unpaired) electrons. The van der Waals surface area contributed by atoms with Crippen LogP contribution in [0.25, 0.3) is 0 Å². The lowest BCUT2D eigenvalue weighted by molar-refractivity contribution is -0.116. The van der Waals surface area contributed by atoms with Gasteiger partial charge >= 0.3 is 0 Å². The Morgan fingerprint density at radius 3 is 2.40 bits per heavy atom. The molecule has 3 nitrogen and oxygen atoms in total. The standard InChI is InChI=1S/C7H12N2O/c1-6(2)9-5-7(10)4-8(9)3/h1,4-5H2,2-3H3. The fourth-order valence-electron chi connectivity index (χ4n) is 1.10. The predicted octanol–water partition coefficient (Wildman–Crippen LogP) is 0.252. The first kappa shape index (κ1) is 7.28. The second-order valence-electron chi connectivity index (χ2n) is 2.65. The molecule has 0 aliphatic carbocycles. The highest BCUT2D eigenvalue weighted by molar-refractivity contribution is 5.84. The molecular formula is C7H12N2O. The van der Waals surface area contributed by atoms with Gasteiger partial charge in [0.15, 0.2) is 5.78 Å². The van der Waals surface area contributed by atoms with Crippen LogP contribution >= 0.6 is 0 Å². The maximum absolute atomic E-state index is 10.8. The summed E-state index contributed by atoms with van der Waals surface area (Å²) in [5.41, 5.74) is 0.924. The molecule has 1 rings (SSSR count). The molecule has 0 aromatic heterocycles. The van der Waals surface area contributed by atoms with Crippen LogP contribution < -0.4 is 0 Å². The van der Waals surface area contributed by atoms with E-state index in [1.54, 1.807) is 0 Å². The molecular weight excluding hydrogens is 128 g/mol. The van der Waals surface area contributed by atoms with Crippen LogP contribution in [-0.4, -0.2) is 35.9 Å². The quantitative estimate of drug-likeness (QED) is 0.521. The van der Waals surface area contributed by atoms with E-state index >= 15 is 0 Å². The molecule has 1 aliphatic heterocycles. The van der Waals surface area contributed by atoms with Crippen LogP contribution in [0.5, 0.6) is 0 Å². The lowest BCUT2D eigenvalue weighted by Crippen LogP contribution is -2.30. The van der Waals surface area contributed by atoms with E-state index in [2.05, 4.69) is 6.58 Å². The van der Waals surface area contributed by atoms with Crippen molar-refractivity contribution in [1.29, 1.82) is 0 Å². The number of hydrazine groups is 1. The Balaban J connectivity index is 2.63. The molecule has 0 amide bonds. The highest BCUT2D eigenvalue weighted by atomic mass is 16.1. The highest BCUT2D eigenvalue weighted by Gasteiger charge is 2.23. The summed E-state index contributed by atoms with van der Waals surface area (Å²) in [6.07, 6.45) is 0. The number of hydrogen-bond donors (Lipinski definition) is 0. The van der Waals surface area contributed by atoms with Gasteiger partial charge in [0.25, 0.3) is 0 Å².